The summed E-state index contributed by atoms with van der Waals surface area (Å²) in [5.41, 5.74) is -3.48. The number of aliphatic hydroxyl groups excluding tert-OH is 2. The zero-order valence-corrected chi connectivity index (χ0v) is 44.0. The lowest BCUT2D eigenvalue weighted by Gasteiger charge is -2.48. The lowest BCUT2D eigenvalue weighted by Crippen LogP contribution is -2.64. The highest BCUT2D eigenvalue weighted by Crippen LogP contribution is 2.43. The average molecular weight is 1030 g/mol. The van der Waals surface area contributed by atoms with E-state index in [2.05, 4.69) is 10.5 Å². The Morgan fingerprint density at radius 1 is 0.986 bits per heavy atom. The van der Waals surface area contributed by atoms with E-state index in [0.29, 0.717) is 43.3 Å². The number of nitrogens with one attached hydrogen (secondary N) is 1. The largest absolute Gasteiger partial charge is 0.477 e. The van der Waals surface area contributed by atoms with Crippen molar-refractivity contribution in [3.05, 3.63) is 45.7 Å². The molecule has 2 aromatic rings. The number of carboxylic acid groups (broad SMARTS) is 1. The summed E-state index contributed by atoms with van der Waals surface area (Å²) in [6.07, 6.45) is -8.23. The molecule has 22 nitrogen and oxygen atoms in total. The van der Waals surface area contributed by atoms with Crippen molar-refractivity contribution in [3.63, 3.8) is 0 Å². The summed E-state index contributed by atoms with van der Waals surface area (Å²) in [5.74, 6) is -5.46. The molecule has 1 saturated carbocycles. The molecule has 4 fully saturated rings. The zero-order chi connectivity index (χ0) is 53.9. The van der Waals surface area contributed by atoms with Crippen molar-refractivity contribution >= 4 is 34.5 Å². The van der Waals surface area contributed by atoms with E-state index in [1.54, 1.807) is 63.6 Å². The number of carbonyl (C=O) groups excluding carboxylic acids is 2. The van der Waals surface area contributed by atoms with Crippen molar-refractivity contribution in [2.75, 3.05) is 53.4 Å². The molecule has 1 aliphatic carbocycles. The average Bonchev–Trinajstić information content (AvgIpc) is 3.32. The van der Waals surface area contributed by atoms with Crippen LogP contribution in [0.4, 0.5) is 0 Å². The van der Waals surface area contributed by atoms with Gasteiger partial charge in [-0.15, -0.1) is 0 Å². The summed E-state index contributed by atoms with van der Waals surface area (Å²) >= 11 is 0. The van der Waals surface area contributed by atoms with Crippen molar-refractivity contribution in [3.8, 4) is 0 Å². The summed E-state index contributed by atoms with van der Waals surface area (Å²) < 4.78 is 45.3. The maximum absolute atomic E-state index is 14.2. The first-order valence-electron chi connectivity index (χ1n) is 25.4. The fourth-order valence-electron chi connectivity index (χ4n) is 11.0. The Balaban J connectivity index is 1.13. The SMILES string of the molecule is CO[C@@H]1C[C@H](O[C@H]2[C@H](C)[C@@H](O[C@@H]3O[C@H](C)C[C@H](N(C)C)[C@H]3O)[C@](C)(O)C[C@@H](C)/C(=N\O)[C@@H](O)[C@@]3(O)CC[C@H]3OC(=O)[C@@H]2C)O[C@@H](C)[C@@H]1OC(=O)CCNCCCc1ccc2c(c1)c(=O)c(C(=O)O)cn2N(C)C. The number of likely N-dealkylation sites (N-methyl/N-ethyl adjacent to an activating group) is 1. The number of aromatic nitrogens is 1. The monoisotopic (exact) mass is 1030 g/mol. The van der Waals surface area contributed by atoms with Crippen LogP contribution in [-0.4, -0.2) is 197 Å². The molecule has 3 aliphatic heterocycles. The molecule has 410 valence electrons. The van der Waals surface area contributed by atoms with E-state index in [9.17, 15) is 49.9 Å². The molecule has 0 bridgehead atoms. The molecule has 3 saturated heterocycles. The summed E-state index contributed by atoms with van der Waals surface area (Å²) in [5, 5.41) is 75.7. The smallest absolute Gasteiger partial charge is 0.341 e. The van der Waals surface area contributed by atoms with E-state index in [1.165, 1.54) is 20.2 Å². The Bertz CT molecular complexity index is 2330. The van der Waals surface area contributed by atoms with Gasteiger partial charge < -0.3 is 79.1 Å². The van der Waals surface area contributed by atoms with Crippen LogP contribution in [0.25, 0.3) is 10.9 Å². The highest BCUT2D eigenvalue weighted by Gasteiger charge is 2.58. The van der Waals surface area contributed by atoms with E-state index < -0.39 is 114 Å². The first kappa shape index (κ1) is 57.9. The van der Waals surface area contributed by atoms with Crippen LogP contribution in [0.5, 0.6) is 0 Å². The van der Waals surface area contributed by atoms with Crippen LogP contribution in [0.1, 0.15) is 102 Å². The number of ether oxygens (including phenoxy) is 7. The lowest BCUT2D eigenvalue weighted by molar-refractivity contribution is -0.311. The van der Waals surface area contributed by atoms with Crippen molar-refractivity contribution in [2.24, 2.45) is 22.9 Å². The molecule has 73 heavy (non-hydrogen) atoms. The Labute approximate surface area is 426 Å². The third-order valence-electron chi connectivity index (χ3n) is 15.3. The minimum absolute atomic E-state index is 0.0308. The van der Waals surface area contributed by atoms with Crippen LogP contribution in [-0.2, 0) is 49.2 Å². The van der Waals surface area contributed by atoms with E-state index in [0.717, 1.165) is 5.56 Å². The van der Waals surface area contributed by atoms with Gasteiger partial charge in [-0.1, -0.05) is 25.1 Å². The number of oxime groups is 1. The molecule has 1 aromatic carbocycles. The molecule has 7 N–H and O–H groups in total. The van der Waals surface area contributed by atoms with Gasteiger partial charge in [0.25, 0.3) is 0 Å². The number of nitrogens with zero attached hydrogens (tertiary/aromatic N) is 4. The molecule has 17 atom stereocenters. The molecular weight excluding hydrogens is 955 g/mol. The molecule has 22 heteroatoms. The highest BCUT2D eigenvalue weighted by molar-refractivity contribution is 5.93. The number of fused-ring (bicyclic) bond motifs is 2. The van der Waals surface area contributed by atoms with Crippen molar-refractivity contribution in [1.29, 1.82) is 0 Å². The molecule has 0 radical (unpaired) electrons. The number of rotatable bonds is 16. The maximum Gasteiger partial charge on any atom is 0.341 e. The number of aliphatic hydroxyl groups is 4. The number of pyridine rings is 1. The summed E-state index contributed by atoms with van der Waals surface area (Å²) in [4.78, 5) is 54.2. The molecule has 0 amide bonds. The Kier molecular flexibility index (Phi) is 19.1. The number of hydrogen-bond acceptors (Lipinski definition) is 20. The quantitative estimate of drug-likeness (QED) is 0.0546. The van der Waals surface area contributed by atoms with Crippen LogP contribution in [0.15, 0.2) is 34.3 Å². The van der Waals surface area contributed by atoms with E-state index >= 15 is 0 Å². The van der Waals surface area contributed by atoms with Crippen LogP contribution in [0.2, 0.25) is 0 Å². The third-order valence-corrected chi connectivity index (χ3v) is 15.3. The second kappa shape index (κ2) is 24.1. The van der Waals surface area contributed by atoms with E-state index in [1.807, 2.05) is 32.0 Å². The number of hydrogen-bond donors (Lipinski definition) is 7. The van der Waals surface area contributed by atoms with Crippen molar-refractivity contribution in [1.82, 2.24) is 14.9 Å². The van der Waals surface area contributed by atoms with Gasteiger partial charge in [-0.2, -0.15) is 0 Å². The number of esters is 2. The molecule has 6 rings (SSSR count). The Hall–Kier alpha value is -4.33. The highest BCUT2D eigenvalue weighted by atomic mass is 16.7. The molecule has 4 heterocycles. The molecule has 4 aliphatic rings. The third kappa shape index (κ3) is 12.9. The van der Waals surface area contributed by atoms with Crippen LogP contribution >= 0.6 is 0 Å². The molecule has 0 unspecified atom stereocenters. The summed E-state index contributed by atoms with van der Waals surface area (Å²) in [7, 11) is 8.64. The van der Waals surface area contributed by atoms with Gasteiger partial charge in [-0.05, 0) is 105 Å². The number of aryl methyl sites for hydroxylation is 1. The van der Waals surface area contributed by atoms with Crippen LogP contribution in [0.3, 0.4) is 0 Å². The van der Waals surface area contributed by atoms with Gasteiger partial charge in [-0.3, -0.25) is 19.1 Å². The molecule has 1 aromatic heterocycles. The lowest BCUT2D eigenvalue weighted by atomic mass is 9.69. The molecule has 0 spiro atoms. The maximum atomic E-state index is 14.2. The van der Waals surface area contributed by atoms with E-state index in [-0.39, 0.29) is 55.5 Å². The predicted molar refractivity (Wildman–Crippen MR) is 265 cm³/mol. The van der Waals surface area contributed by atoms with Crippen molar-refractivity contribution < 1.29 is 78.3 Å². The van der Waals surface area contributed by atoms with Gasteiger partial charge >= 0.3 is 17.9 Å². The van der Waals surface area contributed by atoms with Crippen LogP contribution < -0.4 is 15.8 Å². The number of benzene rings is 1. The minimum atomic E-state index is -1.98. The predicted octanol–water partition coefficient (Wildman–Crippen LogP) is 1.76. The van der Waals surface area contributed by atoms with Gasteiger partial charge in [0.1, 0.15) is 35.6 Å². The second-order valence-electron chi connectivity index (χ2n) is 21.3. The fourth-order valence-corrected chi connectivity index (χ4v) is 11.0. The number of carboxylic acids is 1. The van der Waals surface area contributed by atoms with Crippen LogP contribution in [0, 0.1) is 17.8 Å². The second-order valence-corrected chi connectivity index (χ2v) is 21.3. The van der Waals surface area contributed by atoms with Crippen molar-refractivity contribution in [2.45, 2.75) is 178 Å². The number of carbonyl (C=O) groups is 3. The molecular formula is C51H79N5O17. The fraction of sp³-hybridized carbons (Fsp3) is 0.745. The minimum Gasteiger partial charge on any atom is -0.477 e. The van der Waals surface area contributed by atoms with Gasteiger partial charge in [0, 0.05) is 63.6 Å². The number of methoxy groups -OCH3 is 1. The first-order valence-corrected chi connectivity index (χ1v) is 25.4. The Morgan fingerprint density at radius 2 is 1.70 bits per heavy atom. The zero-order valence-electron chi connectivity index (χ0n) is 44.0. The summed E-state index contributed by atoms with van der Waals surface area (Å²) in [6, 6.07) is 5.04. The normalized spacial score (nSPS) is 37.1. The standard InChI is InChI=1S/C51H79N5O17/c1-26-24-50(6,64)46(73-49-42(59)35(54(7)8)21-27(2)68-49)28(3)43(29(4)48(63)70-37-16-18-51(37,65)45(60)40(26)53-66)72-39-23-36(67-11)44(30(5)69-39)71-38(57)17-20-52-19-12-13-31-14-15-34-32(22-31)41(58)33(47(61)62)25-56(34)55(9)10/h14-15,22,25-30,35-37,39,42-46,49,52,59-60,64-66H,12-13,16-21,23-24H2,1-11H3,(H,61,62)/b53-40+/t26-,27-,28+,29-,30+,35+,36-,37-,39+,42-,43+,44+,45-,46-,49+,50-,51-/m1/s1. The number of aromatic carboxylic acids is 1. The topological polar surface area (TPSA) is 290 Å². The van der Waals surface area contributed by atoms with Gasteiger partial charge in [0.15, 0.2) is 18.7 Å². The summed E-state index contributed by atoms with van der Waals surface area (Å²) in [6.45, 7) is 10.8. The van der Waals surface area contributed by atoms with Gasteiger partial charge in [0.05, 0.1) is 53.6 Å². The first-order chi connectivity index (χ1) is 34.3. The van der Waals surface area contributed by atoms with Gasteiger partial charge in [0.2, 0.25) is 5.43 Å². The van der Waals surface area contributed by atoms with E-state index in [4.69, 9.17) is 33.2 Å². The Morgan fingerprint density at radius 3 is 2.32 bits per heavy atom. The van der Waals surface area contributed by atoms with Gasteiger partial charge in [-0.25, -0.2) is 4.79 Å².